The number of hydrogen-bond donors (Lipinski definition) is 4. The third-order valence-electron chi connectivity index (χ3n) is 4.87. The van der Waals surface area contributed by atoms with Crippen LogP contribution in [0.3, 0.4) is 0 Å². The quantitative estimate of drug-likeness (QED) is 0.0941. The first-order valence-electron chi connectivity index (χ1n) is 13.4. The molecule has 0 saturated heterocycles. The van der Waals surface area contributed by atoms with E-state index < -0.39 is 47.4 Å². The second kappa shape index (κ2) is 22.0. The molecule has 47 heavy (non-hydrogen) atoms. The third-order valence-corrected chi connectivity index (χ3v) is 7.34. The zero-order valence-corrected chi connectivity index (χ0v) is 32.0. The van der Waals surface area contributed by atoms with E-state index in [2.05, 4.69) is 36.0 Å². The topological polar surface area (TPSA) is 170 Å². The maximum Gasteiger partial charge on any atom is 0.408 e. The summed E-state index contributed by atoms with van der Waals surface area (Å²) in [4.78, 5) is 46.1. The number of aromatic hydroxyl groups is 2. The van der Waals surface area contributed by atoms with Crippen LogP contribution in [-0.4, -0.2) is 76.3 Å². The Hall–Kier alpha value is -2.69. The Morgan fingerprint density at radius 1 is 0.787 bits per heavy atom. The third kappa shape index (κ3) is 21.0. The first-order valence-corrected chi connectivity index (χ1v) is 16.5. The van der Waals surface area contributed by atoms with E-state index in [1.807, 2.05) is 22.6 Å². The molecule has 0 spiro atoms. The second-order valence-corrected chi connectivity index (χ2v) is 13.7. The first-order chi connectivity index (χ1) is 21.1. The van der Waals surface area contributed by atoms with Gasteiger partial charge in [-0.25, -0.2) is 19.2 Å². The van der Waals surface area contributed by atoms with E-state index in [0.717, 1.165) is 4.47 Å². The molecule has 4 N–H and O–H groups in total. The van der Waals surface area contributed by atoms with Crippen LogP contribution < -0.4 is 10.6 Å². The molecule has 2 amide bonds. The van der Waals surface area contributed by atoms with E-state index in [1.54, 1.807) is 59.7 Å². The number of methoxy groups -OCH3 is 2. The summed E-state index contributed by atoms with van der Waals surface area (Å²) in [7, 11) is 2.50. The Labute approximate surface area is 308 Å². The van der Waals surface area contributed by atoms with Crippen LogP contribution in [0.15, 0.2) is 40.9 Å². The fourth-order valence-corrected chi connectivity index (χ4v) is 4.20. The molecule has 0 saturated carbocycles. The SMILES string of the molecule is C.COC(=O)C(CI)NC(=O)OC(C)(C)C.COC(=O)C(Cc1ccc(O)cc1Cl)NC(=O)OC(C)(C)C.Oc1ccc(Br)c(Cl)c1. The van der Waals surface area contributed by atoms with Crippen LogP contribution in [-0.2, 0) is 35.0 Å². The van der Waals surface area contributed by atoms with Crippen LogP contribution >= 0.6 is 61.7 Å². The van der Waals surface area contributed by atoms with Crippen molar-refractivity contribution < 1.29 is 48.3 Å². The second-order valence-electron chi connectivity index (χ2n) is 11.2. The molecule has 2 rings (SSSR count). The van der Waals surface area contributed by atoms with Gasteiger partial charge in [-0.1, -0.05) is 59.3 Å². The molecule has 0 fully saturated rings. The highest BCUT2D eigenvalue weighted by Crippen LogP contribution is 2.26. The Balaban J connectivity index is 0. The molecule has 266 valence electrons. The number of amides is 2. The lowest BCUT2D eigenvalue weighted by atomic mass is 10.1. The van der Waals surface area contributed by atoms with Crippen molar-refractivity contribution in [2.75, 3.05) is 18.6 Å². The van der Waals surface area contributed by atoms with Gasteiger partial charge in [0.25, 0.3) is 0 Å². The maximum atomic E-state index is 11.8. The summed E-state index contributed by atoms with van der Waals surface area (Å²) in [5.74, 6) is -0.892. The fourth-order valence-electron chi connectivity index (χ4n) is 2.94. The summed E-state index contributed by atoms with van der Waals surface area (Å²) in [6.45, 7) is 10.4. The van der Waals surface area contributed by atoms with Gasteiger partial charge in [-0.05, 0) is 93.4 Å². The molecule has 16 heteroatoms. The minimum absolute atomic E-state index is 0. The number of phenols is 2. The summed E-state index contributed by atoms with van der Waals surface area (Å²) in [5.41, 5.74) is -0.664. The molecule has 0 aliphatic heterocycles. The van der Waals surface area contributed by atoms with Crippen molar-refractivity contribution in [3.8, 4) is 11.5 Å². The number of esters is 2. The van der Waals surface area contributed by atoms with Gasteiger partial charge in [0.1, 0.15) is 34.8 Å². The van der Waals surface area contributed by atoms with Crippen molar-refractivity contribution in [3.63, 3.8) is 0 Å². The van der Waals surface area contributed by atoms with Gasteiger partial charge < -0.3 is 39.8 Å². The number of halogens is 4. The number of phenolic OH excluding ortho intramolecular Hbond substituents is 2. The zero-order chi connectivity index (χ0) is 35.8. The minimum Gasteiger partial charge on any atom is -0.508 e. The molecule has 0 aliphatic rings. The van der Waals surface area contributed by atoms with Crippen molar-refractivity contribution in [2.45, 2.75) is 78.7 Å². The molecular weight excluding hydrogens is 838 g/mol. The normalized spacial score (nSPS) is 11.7. The minimum atomic E-state index is -0.943. The van der Waals surface area contributed by atoms with Crippen LogP contribution in [0.2, 0.25) is 10.0 Å². The van der Waals surface area contributed by atoms with Crippen molar-refractivity contribution in [3.05, 3.63) is 56.5 Å². The lowest BCUT2D eigenvalue weighted by molar-refractivity contribution is -0.143. The highest BCUT2D eigenvalue weighted by Gasteiger charge is 2.26. The number of hydrogen-bond acceptors (Lipinski definition) is 10. The van der Waals surface area contributed by atoms with Gasteiger partial charge in [0, 0.05) is 20.3 Å². The Kier molecular flexibility index (Phi) is 21.8. The van der Waals surface area contributed by atoms with Gasteiger partial charge >= 0.3 is 24.1 Å². The molecule has 0 radical (unpaired) electrons. The predicted molar refractivity (Wildman–Crippen MR) is 194 cm³/mol. The van der Waals surface area contributed by atoms with Gasteiger partial charge in [0.2, 0.25) is 0 Å². The van der Waals surface area contributed by atoms with Crippen molar-refractivity contribution in [1.29, 1.82) is 0 Å². The molecule has 0 heterocycles. The Morgan fingerprint density at radius 2 is 1.19 bits per heavy atom. The summed E-state index contributed by atoms with van der Waals surface area (Å²) in [5, 5.41) is 23.9. The standard InChI is InChI=1S/C15H20ClNO5.C9H16INO4.C6H4BrClO.CH4/c1-15(2,3)22-14(20)17-12(13(19)21-4)7-9-5-6-10(18)8-11(9)16;1-9(2,3)15-8(13)11-6(5-10)7(12)14-4;7-5-2-1-4(9)3-6(5)8;/h5-6,8,12,18H,7H2,1-4H3,(H,17,20);6H,5H2,1-4H3,(H,11,13);1-3,9H;1H4. The summed E-state index contributed by atoms with van der Waals surface area (Å²) in [6, 6.07) is 7.51. The average Bonchev–Trinajstić information content (AvgIpc) is 2.92. The molecule has 2 unspecified atom stereocenters. The Bertz CT molecular complexity index is 1320. The van der Waals surface area contributed by atoms with Gasteiger partial charge in [-0.15, -0.1) is 0 Å². The zero-order valence-electron chi connectivity index (χ0n) is 26.7. The van der Waals surface area contributed by atoms with Crippen LogP contribution in [0, 0.1) is 0 Å². The number of carbonyl (C=O) groups is 4. The van der Waals surface area contributed by atoms with Crippen molar-refractivity contribution >= 4 is 85.8 Å². The van der Waals surface area contributed by atoms with E-state index in [0.29, 0.717) is 20.0 Å². The highest BCUT2D eigenvalue weighted by atomic mass is 127. The number of ether oxygens (including phenoxy) is 4. The molecular formula is C31H44BrCl2IN2O10. The number of carbonyl (C=O) groups excluding carboxylic acids is 4. The van der Waals surface area contributed by atoms with Crippen molar-refractivity contribution in [1.82, 2.24) is 10.6 Å². The number of nitrogens with one attached hydrogen (secondary N) is 2. The largest absolute Gasteiger partial charge is 0.508 e. The van der Waals surface area contributed by atoms with E-state index in [-0.39, 0.29) is 25.3 Å². The smallest absolute Gasteiger partial charge is 0.408 e. The van der Waals surface area contributed by atoms with E-state index in [9.17, 15) is 24.3 Å². The number of benzene rings is 2. The van der Waals surface area contributed by atoms with E-state index >= 15 is 0 Å². The highest BCUT2D eigenvalue weighted by molar-refractivity contribution is 14.1. The monoisotopic (exact) mass is 880 g/mol. The molecule has 0 aliphatic carbocycles. The van der Waals surface area contributed by atoms with E-state index in [4.69, 9.17) is 37.8 Å². The molecule has 0 aromatic heterocycles. The van der Waals surface area contributed by atoms with Crippen LogP contribution in [0.25, 0.3) is 0 Å². The van der Waals surface area contributed by atoms with Crippen LogP contribution in [0.1, 0.15) is 54.5 Å². The molecule has 0 bridgehead atoms. The lowest BCUT2D eigenvalue weighted by Gasteiger charge is -2.22. The van der Waals surface area contributed by atoms with Crippen LogP contribution in [0.4, 0.5) is 9.59 Å². The fraction of sp³-hybridized carbons (Fsp3) is 0.484. The number of rotatable bonds is 7. The first kappa shape index (κ1) is 46.4. The number of alkyl halides is 1. The number of alkyl carbamates (subject to hydrolysis) is 2. The van der Waals surface area contributed by atoms with Gasteiger partial charge in [-0.2, -0.15) is 0 Å². The van der Waals surface area contributed by atoms with Gasteiger partial charge in [0.15, 0.2) is 0 Å². The van der Waals surface area contributed by atoms with E-state index in [1.165, 1.54) is 32.4 Å². The van der Waals surface area contributed by atoms with Gasteiger partial charge in [0.05, 0.1) is 19.2 Å². The van der Waals surface area contributed by atoms with Gasteiger partial charge in [-0.3, -0.25) is 0 Å². The summed E-state index contributed by atoms with van der Waals surface area (Å²) >= 11 is 16.8. The predicted octanol–water partition coefficient (Wildman–Crippen LogP) is 7.59. The average molecular weight is 882 g/mol. The summed E-state index contributed by atoms with van der Waals surface area (Å²) in [6.07, 6.45) is -1.22. The lowest BCUT2D eigenvalue weighted by Crippen LogP contribution is -2.45. The van der Waals surface area contributed by atoms with Crippen LogP contribution in [0.5, 0.6) is 11.5 Å². The molecule has 2 aromatic rings. The summed E-state index contributed by atoms with van der Waals surface area (Å²) < 4.78 is 20.5. The molecule has 2 atom stereocenters. The maximum absolute atomic E-state index is 11.8. The molecule has 2 aromatic carbocycles. The molecule has 12 nitrogen and oxygen atoms in total. The Morgan fingerprint density at radius 3 is 1.55 bits per heavy atom. The van der Waals surface area contributed by atoms with Crippen molar-refractivity contribution in [2.24, 2.45) is 0 Å².